The Labute approximate surface area is 186 Å². The van der Waals surface area contributed by atoms with Crippen LogP contribution in [-0.2, 0) is 4.79 Å². The van der Waals surface area contributed by atoms with Crippen LogP contribution in [0.25, 0.3) is 0 Å². The fourth-order valence-corrected chi connectivity index (χ4v) is 3.72. The van der Waals surface area contributed by atoms with E-state index in [4.69, 9.17) is 0 Å². The Morgan fingerprint density at radius 3 is 2.17 bits per heavy atom. The van der Waals surface area contributed by atoms with E-state index in [2.05, 4.69) is 31.9 Å². The lowest BCUT2D eigenvalue weighted by Crippen LogP contribution is -2.23. The Bertz CT molecular complexity index is 1030. The number of carbonyl (C=O) groups excluding carboxylic acids is 2. The maximum Gasteiger partial charge on any atom is 0.323 e. The normalized spacial score (nSPS) is 11.4. The first kappa shape index (κ1) is 21.9. The lowest BCUT2D eigenvalue weighted by Gasteiger charge is -2.13. The highest BCUT2D eigenvalue weighted by Crippen LogP contribution is 2.26. The van der Waals surface area contributed by atoms with Crippen molar-refractivity contribution in [1.29, 1.82) is 0 Å². The summed E-state index contributed by atoms with van der Waals surface area (Å²) in [6.07, 6.45) is 0. The molecule has 0 aliphatic carbocycles. The quantitative estimate of drug-likeness (QED) is 0.354. The number of hydrogen-bond acceptors (Lipinski definition) is 3. The molecule has 8 heteroatoms. The largest absolute Gasteiger partial charge is 0.323 e. The highest BCUT2D eigenvalue weighted by molar-refractivity contribution is 9.10. The van der Waals surface area contributed by atoms with Gasteiger partial charge in [-0.05, 0) is 61.5 Å². The molecule has 0 aliphatic rings. The molecule has 0 radical (unpaired) electrons. The number of anilines is 3. The number of benzene rings is 3. The molecule has 0 saturated heterocycles. The van der Waals surface area contributed by atoms with Gasteiger partial charge in [-0.2, -0.15) is 0 Å². The van der Waals surface area contributed by atoms with E-state index in [1.807, 2.05) is 30.3 Å². The van der Waals surface area contributed by atoms with Crippen molar-refractivity contribution in [1.82, 2.24) is 0 Å². The van der Waals surface area contributed by atoms with Crippen molar-refractivity contribution in [3.63, 3.8) is 0 Å². The van der Waals surface area contributed by atoms with Gasteiger partial charge in [0.15, 0.2) is 0 Å². The lowest BCUT2D eigenvalue weighted by molar-refractivity contribution is -0.115. The topological polar surface area (TPSA) is 70.2 Å². The SMILES string of the molecule is CC(Sc1ccc(NC(=O)Nc2ccccc2)cc1)C(=O)Nc1ccc(Br)cc1F. The van der Waals surface area contributed by atoms with E-state index in [0.29, 0.717) is 15.8 Å². The molecule has 0 fully saturated rings. The predicted octanol–water partition coefficient (Wildman–Crippen LogP) is 6.35. The van der Waals surface area contributed by atoms with Gasteiger partial charge in [-0.25, -0.2) is 9.18 Å². The molecule has 30 heavy (non-hydrogen) atoms. The molecule has 3 N–H and O–H groups in total. The summed E-state index contributed by atoms with van der Waals surface area (Å²) in [7, 11) is 0. The second-order valence-corrected chi connectivity index (χ2v) is 8.67. The number of urea groups is 1. The Morgan fingerprint density at radius 1 is 0.900 bits per heavy atom. The first-order chi connectivity index (χ1) is 14.4. The van der Waals surface area contributed by atoms with Crippen LogP contribution < -0.4 is 16.0 Å². The maximum atomic E-state index is 13.9. The van der Waals surface area contributed by atoms with Crippen molar-refractivity contribution in [3.05, 3.63) is 83.1 Å². The summed E-state index contributed by atoms with van der Waals surface area (Å²) in [4.78, 5) is 25.3. The molecule has 154 valence electrons. The fourth-order valence-electron chi connectivity index (χ4n) is 2.51. The molecular weight excluding hydrogens is 469 g/mol. The second kappa shape index (κ2) is 10.3. The summed E-state index contributed by atoms with van der Waals surface area (Å²) in [5.74, 6) is -0.801. The lowest BCUT2D eigenvalue weighted by atomic mass is 10.3. The third-order valence-electron chi connectivity index (χ3n) is 4.01. The number of rotatable bonds is 6. The van der Waals surface area contributed by atoms with Gasteiger partial charge in [0.05, 0.1) is 10.9 Å². The number of hydrogen-bond donors (Lipinski definition) is 3. The molecule has 3 rings (SSSR count). The minimum absolute atomic E-state index is 0.139. The maximum absolute atomic E-state index is 13.9. The predicted molar refractivity (Wildman–Crippen MR) is 124 cm³/mol. The third kappa shape index (κ3) is 6.33. The minimum atomic E-state index is -0.501. The number of carbonyl (C=O) groups is 2. The smallest absolute Gasteiger partial charge is 0.323 e. The van der Waals surface area contributed by atoms with Crippen LogP contribution in [0.15, 0.2) is 82.2 Å². The molecule has 1 unspecified atom stereocenters. The fraction of sp³-hybridized carbons (Fsp3) is 0.0909. The summed E-state index contributed by atoms with van der Waals surface area (Å²) in [5.41, 5.74) is 1.46. The first-order valence-electron chi connectivity index (χ1n) is 9.06. The highest BCUT2D eigenvalue weighted by atomic mass is 79.9. The number of halogens is 2. The summed E-state index contributed by atoms with van der Waals surface area (Å²) in [5, 5.41) is 7.65. The van der Waals surface area contributed by atoms with Crippen molar-refractivity contribution in [2.24, 2.45) is 0 Å². The molecule has 0 heterocycles. The molecule has 3 amide bonds. The van der Waals surface area contributed by atoms with E-state index in [1.54, 1.807) is 37.3 Å². The molecular formula is C22H19BrFN3O2S. The van der Waals surface area contributed by atoms with Crippen molar-refractivity contribution in [2.45, 2.75) is 17.1 Å². The second-order valence-electron chi connectivity index (χ2n) is 6.34. The zero-order valence-electron chi connectivity index (χ0n) is 16.0. The average molecular weight is 488 g/mol. The van der Waals surface area contributed by atoms with Gasteiger partial charge in [-0.15, -0.1) is 11.8 Å². The number of nitrogens with one attached hydrogen (secondary N) is 3. The van der Waals surface area contributed by atoms with Gasteiger partial charge in [0, 0.05) is 20.7 Å². The van der Waals surface area contributed by atoms with Gasteiger partial charge >= 0.3 is 6.03 Å². The standard InChI is InChI=1S/C22H19BrFN3O2S/c1-14(21(28)27-20-12-7-15(23)13-19(20)24)30-18-10-8-17(9-11-18)26-22(29)25-16-5-3-2-4-6-16/h2-14H,1H3,(H,27,28)(H2,25,26,29). The van der Waals surface area contributed by atoms with E-state index >= 15 is 0 Å². The Kier molecular flexibility index (Phi) is 7.48. The van der Waals surface area contributed by atoms with Crippen LogP contribution in [0.2, 0.25) is 0 Å². The Hall–Kier alpha value is -2.84. The van der Waals surface area contributed by atoms with Crippen LogP contribution >= 0.6 is 27.7 Å². The molecule has 0 bridgehead atoms. The van der Waals surface area contributed by atoms with Gasteiger partial charge in [-0.1, -0.05) is 34.1 Å². The summed E-state index contributed by atoms with van der Waals surface area (Å²) in [6.45, 7) is 1.75. The molecule has 0 spiro atoms. The first-order valence-corrected chi connectivity index (χ1v) is 10.7. The monoisotopic (exact) mass is 487 g/mol. The van der Waals surface area contributed by atoms with Gasteiger partial charge in [0.2, 0.25) is 5.91 Å². The van der Waals surface area contributed by atoms with Crippen LogP contribution in [0.1, 0.15) is 6.92 Å². The molecule has 5 nitrogen and oxygen atoms in total. The van der Waals surface area contributed by atoms with Crippen molar-refractivity contribution in [2.75, 3.05) is 16.0 Å². The zero-order valence-corrected chi connectivity index (χ0v) is 18.4. The minimum Gasteiger partial charge on any atom is -0.323 e. The van der Waals surface area contributed by atoms with Gasteiger partial charge in [0.1, 0.15) is 5.82 Å². The molecule has 1 atom stereocenters. The van der Waals surface area contributed by atoms with Crippen molar-refractivity contribution >= 4 is 56.7 Å². The van der Waals surface area contributed by atoms with Crippen molar-refractivity contribution in [3.8, 4) is 0 Å². The molecule has 3 aromatic rings. The Balaban J connectivity index is 1.53. The average Bonchev–Trinajstić information content (AvgIpc) is 2.72. The molecule has 3 aromatic carbocycles. The Morgan fingerprint density at radius 2 is 1.53 bits per heavy atom. The van der Waals surface area contributed by atoms with E-state index in [1.165, 1.54) is 23.9 Å². The summed E-state index contributed by atoms with van der Waals surface area (Å²) in [6, 6.07) is 20.4. The van der Waals surface area contributed by atoms with E-state index in [-0.39, 0.29) is 17.6 Å². The highest BCUT2D eigenvalue weighted by Gasteiger charge is 2.16. The molecule has 0 saturated carbocycles. The summed E-state index contributed by atoms with van der Waals surface area (Å²) >= 11 is 4.52. The van der Waals surface area contributed by atoms with Crippen LogP contribution in [0.4, 0.5) is 26.2 Å². The third-order valence-corrected chi connectivity index (χ3v) is 5.62. The van der Waals surface area contributed by atoms with E-state index in [9.17, 15) is 14.0 Å². The molecule has 0 aliphatic heterocycles. The van der Waals surface area contributed by atoms with Gasteiger partial charge in [-0.3, -0.25) is 4.79 Å². The van der Waals surface area contributed by atoms with Crippen molar-refractivity contribution < 1.29 is 14.0 Å². The van der Waals surface area contributed by atoms with Crippen LogP contribution in [0.5, 0.6) is 0 Å². The van der Waals surface area contributed by atoms with E-state index < -0.39 is 11.1 Å². The molecule has 0 aromatic heterocycles. The summed E-state index contributed by atoms with van der Waals surface area (Å²) < 4.78 is 14.5. The zero-order chi connectivity index (χ0) is 21.5. The van der Waals surface area contributed by atoms with Gasteiger partial charge in [0.25, 0.3) is 0 Å². The number of thioether (sulfide) groups is 1. The van der Waals surface area contributed by atoms with Crippen LogP contribution in [-0.4, -0.2) is 17.2 Å². The van der Waals surface area contributed by atoms with E-state index in [0.717, 1.165) is 4.90 Å². The number of amides is 3. The van der Waals surface area contributed by atoms with Gasteiger partial charge < -0.3 is 16.0 Å². The van der Waals surface area contributed by atoms with Crippen LogP contribution in [0, 0.1) is 5.82 Å². The van der Waals surface area contributed by atoms with Crippen LogP contribution in [0.3, 0.4) is 0 Å². The number of para-hydroxylation sites is 1.